The molecule has 0 saturated heterocycles. The molecule has 1 aromatic rings. The third kappa shape index (κ3) is 5.71. The molecular formula is C15H24N2O. The molecule has 3 heteroatoms. The topological polar surface area (TPSA) is 41.1 Å². The van der Waals surface area contributed by atoms with Crippen molar-refractivity contribution in [3.05, 3.63) is 29.8 Å². The molecule has 1 rings (SSSR count). The third-order valence-corrected chi connectivity index (χ3v) is 2.92. The molecular weight excluding hydrogens is 224 g/mol. The van der Waals surface area contributed by atoms with Gasteiger partial charge in [0.1, 0.15) is 0 Å². The van der Waals surface area contributed by atoms with Gasteiger partial charge in [-0.3, -0.25) is 4.79 Å². The zero-order valence-corrected chi connectivity index (χ0v) is 11.5. The predicted octanol–water partition coefficient (Wildman–Crippen LogP) is 2.97. The summed E-state index contributed by atoms with van der Waals surface area (Å²) in [7, 11) is 0. The first-order valence-corrected chi connectivity index (χ1v) is 6.85. The standard InChI is InChI=1S/C15H24N2O/c1-3-5-6-11-16-15(18)12-17-14-9-7-13(4-2)8-10-14/h7-10,17H,3-6,11-12H2,1-2H3,(H,16,18). The van der Waals surface area contributed by atoms with Crippen molar-refractivity contribution in [3.8, 4) is 0 Å². The number of nitrogens with one attached hydrogen (secondary N) is 2. The lowest BCUT2D eigenvalue weighted by Gasteiger charge is -2.08. The highest BCUT2D eigenvalue weighted by atomic mass is 16.1. The largest absolute Gasteiger partial charge is 0.376 e. The van der Waals surface area contributed by atoms with Crippen LogP contribution in [0.1, 0.15) is 38.7 Å². The minimum atomic E-state index is 0.0608. The van der Waals surface area contributed by atoms with E-state index >= 15 is 0 Å². The van der Waals surface area contributed by atoms with E-state index in [1.54, 1.807) is 0 Å². The van der Waals surface area contributed by atoms with Gasteiger partial charge in [-0.2, -0.15) is 0 Å². The highest BCUT2D eigenvalue weighted by Gasteiger charge is 2.00. The number of carbonyl (C=O) groups excluding carboxylic acids is 1. The monoisotopic (exact) mass is 248 g/mol. The molecule has 0 aliphatic rings. The summed E-state index contributed by atoms with van der Waals surface area (Å²) < 4.78 is 0. The maximum Gasteiger partial charge on any atom is 0.239 e. The number of carbonyl (C=O) groups is 1. The molecule has 3 nitrogen and oxygen atoms in total. The van der Waals surface area contributed by atoms with Crippen molar-refractivity contribution in [2.24, 2.45) is 0 Å². The fourth-order valence-corrected chi connectivity index (χ4v) is 1.71. The molecule has 0 atom stereocenters. The summed E-state index contributed by atoms with van der Waals surface area (Å²) in [4.78, 5) is 11.5. The van der Waals surface area contributed by atoms with Gasteiger partial charge in [0, 0.05) is 12.2 Å². The van der Waals surface area contributed by atoms with Gasteiger partial charge in [-0.1, -0.05) is 38.8 Å². The minimum absolute atomic E-state index is 0.0608. The lowest BCUT2D eigenvalue weighted by Crippen LogP contribution is -2.30. The Bertz CT molecular complexity index is 346. The van der Waals surface area contributed by atoms with E-state index in [4.69, 9.17) is 0 Å². The van der Waals surface area contributed by atoms with Crippen LogP contribution in [0.5, 0.6) is 0 Å². The second kappa shape index (κ2) is 8.56. The van der Waals surface area contributed by atoms with E-state index in [0.29, 0.717) is 6.54 Å². The Morgan fingerprint density at radius 1 is 1.11 bits per heavy atom. The van der Waals surface area contributed by atoms with E-state index in [1.165, 1.54) is 18.4 Å². The molecule has 0 aromatic heterocycles. The Balaban J connectivity index is 2.20. The normalized spacial score (nSPS) is 10.1. The van der Waals surface area contributed by atoms with Crippen LogP contribution in [0.25, 0.3) is 0 Å². The molecule has 0 aliphatic heterocycles. The van der Waals surface area contributed by atoms with E-state index in [-0.39, 0.29) is 5.91 Å². The van der Waals surface area contributed by atoms with E-state index in [9.17, 15) is 4.79 Å². The minimum Gasteiger partial charge on any atom is -0.376 e. The Hall–Kier alpha value is -1.51. The highest BCUT2D eigenvalue weighted by Crippen LogP contribution is 2.09. The van der Waals surface area contributed by atoms with E-state index < -0.39 is 0 Å². The van der Waals surface area contributed by atoms with Crippen molar-refractivity contribution in [1.29, 1.82) is 0 Å². The number of benzene rings is 1. The molecule has 0 spiro atoms. The summed E-state index contributed by atoms with van der Waals surface area (Å²) in [6.07, 6.45) is 4.45. The van der Waals surface area contributed by atoms with Gasteiger partial charge >= 0.3 is 0 Å². The Kier molecular flexibility index (Phi) is 6.92. The van der Waals surface area contributed by atoms with Crippen LogP contribution in [0.2, 0.25) is 0 Å². The predicted molar refractivity (Wildman–Crippen MR) is 76.8 cm³/mol. The van der Waals surface area contributed by atoms with Crippen molar-refractivity contribution < 1.29 is 4.79 Å². The van der Waals surface area contributed by atoms with Crippen LogP contribution in [0, 0.1) is 0 Å². The molecule has 1 aromatic carbocycles. The summed E-state index contributed by atoms with van der Waals surface area (Å²) in [6.45, 7) is 5.41. The van der Waals surface area contributed by atoms with Crippen LogP contribution < -0.4 is 10.6 Å². The lowest BCUT2D eigenvalue weighted by molar-refractivity contribution is -0.119. The molecule has 2 N–H and O–H groups in total. The molecule has 18 heavy (non-hydrogen) atoms. The van der Waals surface area contributed by atoms with Crippen LogP contribution in [-0.4, -0.2) is 19.0 Å². The zero-order valence-electron chi connectivity index (χ0n) is 11.5. The SMILES string of the molecule is CCCCCNC(=O)CNc1ccc(CC)cc1. The van der Waals surface area contributed by atoms with Crippen LogP contribution in [-0.2, 0) is 11.2 Å². The van der Waals surface area contributed by atoms with Crippen LogP contribution in [0.4, 0.5) is 5.69 Å². The van der Waals surface area contributed by atoms with Crippen molar-refractivity contribution in [1.82, 2.24) is 5.32 Å². The fraction of sp³-hybridized carbons (Fsp3) is 0.533. The van der Waals surface area contributed by atoms with Gasteiger partial charge in [0.15, 0.2) is 0 Å². The van der Waals surface area contributed by atoms with Crippen molar-refractivity contribution in [2.75, 3.05) is 18.4 Å². The highest BCUT2D eigenvalue weighted by molar-refractivity contribution is 5.80. The Morgan fingerprint density at radius 3 is 2.44 bits per heavy atom. The summed E-state index contributed by atoms with van der Waals surface area (Å²) in [6, 6.07) is 8.20. The van der Waals surface area contributed by atoms with Gasteiger partial charge in [0.05, 0.1) is 6.54 Å². The first-order chi connectivity index (χ1) is 8.76. The number of aryl methyl sites for hydroxylation is 1. The smallest absolute Gasteiger partial charge is 0.239 e. The number of hydrogen-bond acceptors (Lipinski definition) is 2. The molecule has 0 aliphatic carbocycles. The Labute approximate surface area is 110 Å². The summed E-state index contributed by atoms with van der Waals surface area (Å²) >= 11 is 0. The summed E-state index contributed by atoms with van der Waals surface area (Å²) in [5.74, 6) is 0.0608. The average molecular weight is 248 g/mol. The van der Waals surface area contributed by atoms with Gasteiger partial charge in [-0.25, -0.2) is 0 Å². The average Bonchev–Trinajstić information content (AvgIpc) is 2.42. The zero-order chi connectivity index (χ0) is 13.2. The second-order valence-electron chi connectivity index (χ2n) is 4.46. The van der Waals surface area contributed by atoms with Crippen LogP contribution >= 0.6 is 0 Å². The lowest BCUT2D eigenvalue weighted by atomic mass is 10.1. The molecule has 0 unspecified atom stereocenters. The van der Waals surface area contributed by atoms with Crippen molar-refractivity contribution in [2.45, 2.75) is 39.5 Å². The molecule has 0 radical (unpaired) electrons. The van der Waals surface area contributed by atoms with Crippen molar-refractivity contribution >= 4 is 11.6 Å². The quantitative estimate of drug-likeness (QED) is 0.694. The maximum absolute atomic E-state index is 11.5. The number of rotatable bonds is 8. The number of hydrogen-bond donors (Lipinski definition) is 2. The number of unbranched alkanes of at least 4 members (excludes halogenated alkanes) is 2. The number of anilines is 1. The molecule has 0 bridgehead atoms. The third-order valence-electron chi connectivity index (χ3n) is 2.92. The fourth-order valence-electron chi connectivity index (χ4n) is 1.71. The van der Waals surface area contributed by atoms with Crippen LogP contribution in [0.3, 0.4) is 0 Å². The molecule has 1 amide bonds. The molecule has 0 saturated carbocycles. The van der Waals surface area contributed by atoms with Crippen LogP contribution in [0.15, 0.2) is 24.3 Å². The van der Waals surface area contributed by atoms with Crippen molar-refractivity contribution in [3.63, 3.8) is 0 Å². The van der Waals surface area contributed by atoms with E-state index in [1.807, 2.05) is 12.1 Å². The van der Waals surface area contributed by atoms with Gasteiger partial charge in [-0.15, -0.1) is 0 Å². The first kappa shape index (κ1) is 14.6. The molecule has 100 valence electrons. The summed E-state index contributed by atoms with van der Waals surface area (Å²) in [5, 5.41) is 6.03. The van der Waals surface area contributed by atoms with Gasteiger partial charge in [0.25, 0.3) is 0 Å². The maximum atomic E-state index is 11.5. The second-order valence-corrected chi connectivity index (χ2v) is 4.46. The Morgan fingerprint density at radius 2 is 1.83 bits per heavy atom. The van der Waals surface area contributed by atoms with E-state index in [0.717, 1.165) is 25.1 Å². The van der Waals surface area contributed by atoms with Gasteiger partial charge in [-0.05, 0) is 30.5 Å². The molecule has 0 heterocycles. The number of amides is 1. The van der Waals surface area contributed by atoms with Gasteiger partial charge < -0.3 is 10.6 Å². The molecule has 0 fully saturated rings. The first-order valence-electron chi connectivity index (χ1n) is 6.85. The van der Waals surface area contributed by atoms with Gasteiger partial charge in [0.2, 0.25) is 5.91 Å². The van der Waals surface area contributed by atoms with E-state index in [2.05, 4.69) is 36.6 Å². The summed E-state index contributed by atoms with van der Waals surface area (Å²) in [5.41, 5.74) is 2.31.